The Morgan fingerprint density at radius 2 is 1.96 bits per heavy atom. The van der Waals surface area contributed by atoms with E-state index in [9.17, 15) is 0 Å². The van der Waals surface area contributed by atoms with E-state index in [2.05, 4.69) is 41.0 Å². The number of ether oxygens (including phenoxy) is 1. The number of aromatic amines is 1. The zero-order chi connectivity index (χ0) is 15.6. The normalized spacial score (nSPS) is 34.2. The molecule has 2 bridgehead atoms. The van der Waals surface area contributed by atoms with Crippen LogP contribution in [0.2, 0.25) is 0 Å². The molecular weight excluding hydrogens is 342 g/mol. The van der Waals surface area contributed by atoms with E-state index >= 15 is 0 Å². The van der Waals surface area contributed by atoms with Crippen molar-refractivity contribution in [1.82, 2.24) is 4.98 Å². The number of fused-ring (bicyclic) bond motifs is 6. The fourth-order valence-corrected chi connectivity index (χ4v) is 8.37. The summed E-state index contributed by atoms with van der Waals surface area (Å²) in [5.74, 6) is 4.03. The maximum Gasteiger partial charge on any atom is 0.159 e. The van der Waals surface area contributed by atoms with Gasteiger partial charge in [0.25, 0.3) is 0 Å². The summed E-state index contributed by atoms with van der Waals surface area (Å²) < 4.78 is 6.27. The fraction of sp³-hybridized carbons (Fsp3) is 0.500. The lowest BCUT2D eigenvalue weighted by molar-refractivity contribution is 0.307. The van der Waals surface area contributed by atoms with Gasteiger partial charge in [0.05, 0.1) is 12.1 Å². The molecule has 5 rings (SSSR count). The lowest BCUT2D eigenvalue weighted by Gasteiger charge is -2.40. The van der Waals surface area contributed by atoms with Gasteiger partial charge < -0.3 is 9.72 Å². The molecule has 0 spiro atoms. The van der Waals surface area contributed by atoms with Crippen molar-refractivity contribution in [2.24, 2.45) is 17.8 Å². The second kappa shape index (κ2) is 5.36. The molecule has 1 aliphatic heterocycles. The Morgan fingerprint density at radius 3 is 2.74 bits per heavy atom. The summed E-state index contributed by atoms with van der Waals surface area (Å²) in [5.41, 5.74) is 1.43. The Morgan fingerprint density at radius 1 is 1.17 bits per heavy atom. The van der Waals surface area contributed by atoms with Crippen molar-refractivity contribution in [1.29, 1.82) is 0 Å². The molecule has 1 N–H and O–H groups in total. The summed E-state index contributed by atoms with van der Waals surface area (Å²) in [6.07, 6.45) is 4.28. The molecular formula is C18H19NOS3. The van der Waals surface area contributed by atoms with Crippen LogP contribution in [-0.2, 0) is 0 Å². The van der Waals surface area contributed by atoms with E-state index in [4.69, 9.17) is 17.0 Å². The number of aromatic nitrogens is 1. The van der Waals surface area contributed by atoms with Crippen molar-refractivity contribution < 1.29 is 4.74 Å². The van der Waals surface area contributed by atoms with Gasteiger partial charge in [0.2, 0.25) is 0 Å². The largest absolute Gasteiger partial charge is 0.497 e. The fourth-order valence-electron chi connectivity index (χ4n) is 5.03. The maximum atomic E-state index is 5.46. The Labute approximate surface area is 149 Å². The molecule has 3 aliphatic rings. The van der Waals surface area contributed by atoms with Gasteiger partial charge in [-0.3, -0.25) is 0 Å². The summed E-state index contributed by atoms with van der Waals surface area (Å²) >= 11 is 9.33. The molecule has 2 aliphatic carbocycles. The monoisotopic (exact) mass is 361 g/mol. The first-order chi connectivity index (χ1) is 11.2. The summed E-state index contributed by atoms with van der Waals surface area (Å²) in [5, 5.41) is 2.11. The van der Waals surface area contributed by atoms with Gasteiger partial charge in [-0.25, -0.2) is 0 Å². The Kier molecular flexibility index (Phi) is 3.39. The Hall–Kier alpha value is -0.780. The molecule has 5 atom stereocenters. The minimum atomic E-state index is 0.510. The van der Waals surface area contributed by atoms with Crippen LogP contribution >= 0.6 is 35.3 Å². The molecule has 0 radical (unpaired) electrons. The zero-order valence-corrected chi connectivity index (χ0v) is 15.4. The minimum absolute atomic E-state index is 0.510. The number of nitrogens with one attached hydrogen (secondary N) is 1. The quantitative estimate of drug-likeness (QED) is 0.718. The number of rotatable bonds is 2. The number of hydrogen-bond donors (Lipinski definition) is 1. The topological polar surface area (TPSA) is 25.0 Å². The lowest BCUT2D eigenvalue weighted by Crippen LogP contribution is -2.33. The molecule has 1 aromatic heterocycles. The molecule has 2 heterocycles. The smallest absolute Gasteiger partial charge is 0.159 e. The lowest BCUT2D eigenvalue weighted by atomic mass is 9.75. The number of thioether (sulfide) groups is 1. The molecule has 2 nitrogen and oxygen atoms in total. The number of H-pyrrole nitrogens is 1. The number of hydrogen-bond acceptors (Lipinski definition) is 4. The number of methoxy groups -OCH3 is 1. The summed E-state index contributed by atoms with van der Waals surface area (Å²) in [4.78, 5) is 4.93. The first kappa shape index (κ1) is 14.6. The van der Waals surface area contributed by atoms with Gasteiger partial charge in [0, 0.05) is 16.0 Å². The highest BCUT2D eigenvalue weighted by atomic mass is 32.2. The Bertz CT molecular complexity index is 793. The maximum absolute atomic E-state index is 5.46. The summed E-state index contributed by atoms with van der Waals surface area (Å²) in [6, 6.07) is 8.72. The van der Waals surface area contributed by atoms with Crippen molar-refractivity contribution >= 4 is 35.3 Å². The predicted molar refractivity (Wildman–Crippen MR) is 98.3 cm³/mol. The van der Waals surface area contributed by atoms with Crippen molar-refractivity contribution in [2.75, 3.05) is 7.11 Å². The van der Waals surface area contributed by atoms with Gasteiger partial charge in [-0.2, -0.15) is 0 Å². The van der Waals surface area contributed by atoms with Gasteiger partial charge in [-0.05, 0) is 66.9 Å². The molecule has 2 saturated carbocycles. The van der Waals surface area contributed by atoms with Crippen LogP contribution in [0.5, 0.6) is 5.75 Å². The van der Waals surface area contributed by atoms with Crippen LogP contribution in [-0.4, -0.2) is 17.3 Å². The summed E-state index contributed by atoms with van der Waals surface area (Å²) in [6.45, 7) is 0. The SMILES string of the molecule is COc1ccc([C@H]2c3sc(=S)[nH]c3S[C@@H]3[C@@H]4CC[C@H](C4)[C@H]23)cc1. The molecule has 23 heavy (non-hydrogen) atoms. The van der Waals surface area contributed by atoms with E-state index in [-0.39, 0.29) is 0 Å². The van der Waals surface area contributed by atoms with E-state index in [0.29, 0.717) is 5.92 Å². The van der Waals surface area contributed by atoms with Gasteiger partial charge in [0.15, 0.2) is 3.95 Å². The average Bonchev–Trinajstić information content (AvgIpc) is 3.26. The first-order valence-electron chi connectivity index (χ1n) is 8.28. The van der Waals surface area contributed by atoms with Gasteiger partial charge in [-0.15, -0.1) is 23.1 Å². The summed E-state index contributed by atoms with van der Waals surface area (Å²) in [7, 11) is 1.73. The highest BCUT2D eigenvalue weighted by Crippen LogP contribution is 2.64. The van der Waals surface area contributed by atoms with Crippen LogP contribution in [0.4, 0.5) is 0 Å². The van der Waals surface area contributed by atoms with E-state index in [1.54, 1.807) is 18.4 Å². The van der Waals surface area contributed by atoms with Crippen LogP contribution in [0.1, 0.15) is 35.6 Å². The van der Waals surface area contributed by atoms with Gasteiger partial charge in [-0.1, -0.05) is 12.1 Å². The van der Waals surface area contributed by atoms with Gasteiger partial charge >= 0.3 is 0 Å². The number of benzene rings is 1. The predicted octanol–water partition coefficient (Wildman–Crippen LogP) is 5.47. The third kappa shape index (κ3) is 2.16. The Balaban J connectivity index is 1.64. The molecule has 5 heteroatoms. The molecule has 1 aromatic carbocycles. The molecule has 0 unspecified atom stereocenters. The average molecular weight is 362 g/mol. The highest BCUT2D eigenvalue weighted by Gasteiger charge is 2.54. The van der Waals surface area contributed by atoms with E-state index in [0.717, 1.165) is 32.7 Å². The second-order valence-electron chi connectivity index (χ2n) is 6.95. The van der Waals surface area contributed by atoms with E-state index in [1.807, 2.05) is 0 Å². The first-order valence-corrected chi connectivity index (χ1v) is 10.4. The molecule has 2 fully saturated rings. The third-order valence-corrected chi connectivity index (χ3v) is 8.92. The van der Waals surface area contributed by atoms with Crippen LogP contribution < -0.4 is 4.74 Å². The van der Waals surface area contributed by atoms with Crippen LogP contribution in [0.15, 0.2) is 29.3 Å². The van der Waals surface area contributed by atoms with Crippen molar-refractivity contribution in [3.8, 4) is 5.75 Å². The molecule has 120 valence electrons. The van der Waals surface area contributed by atoms with Crippen molar-refractivity contribution in [3.63, 3.8) is 0 Å². The van der Waals surface area contributed by atoms with Crippen molar-refractivity contribution in [2.45, 2.75) is 35.5 Å². The minimum Gasteiger partial charge on any atom is -0.497 e. The zero-order valence-electron chi connectivity index (χ0n) is 13.0. The molecule has 0 amide bonds. The van der Waals surface area contributed by atoms with Gasteiger partial charge in [0.1, 0.15) is 5.75 Å². The molecule has 0 saturated heterocycles. The van der Waals surface area contributed by atoms with E-state index in [1.165, 1.54) is 34.7 Å². The van der Waals surface area contributed by atoms with Crippen molar-refractivity contribution in [3.05, 3.63) is 38.7 Å². The standard InChI is InChI=1S/C18H19NOS3/c1-20-12-6-4-9(5-7-12)13-14-10-2-3-11(8-10)15(14)22-17-16(13)23-18(21)19-17/h4-7,10-11,13-15H,2-3,8H2,1H3,(H,19,21)/t10-,11-,13-,14-,15-/m1/s1. The van der Waals surface area contributed by atoms with Crippen LogP contribution in [0.3, 0.4) is 0 Å². The van der Waals surface area contributed by atoms with Crippen LogP contribution in [0, 0.1) is 21.7 Å². The second-order valence-corrected chi connectivity index (χ2v) is 9.86. The van der Waals surface area contributed by atoms with E-state index < -0.39 is 0 Å². The van der Waals surface area contributed by atoms with Crippen LogP contribution in [0.25, 0.3) is 0 Å². The third-order valence-electron chi connectivity index (χ3n) is 5.94. The highest BCUT2D eigenvalue weighted by molar-refractivity contribution is 8.00. The number of thiazole rings is 1. The molecule has 2 aromatic rings.